The van der Waals surface area contributed by atoms with Crippen LogP contribution < -0.4 is 9.47 Å². The highest BCUT2D eigenvalue weighted by Gasteiger charge is 2.09. The van der Waals surface area contributed by atoms with Crippen LogP contribution in [0.5, 0.6) is 11.5 Å². The number of nitrogens with zero attached hydrogens (tertiary/aromatic N) is 1. The van der Waals surface area contributed by atoms with Gasteiger partial charge >= 0.3 is 0 Å². The van der Waals surface area contributed by atoms with Crippen molar-refractivity contribution < 1.29 is 9.47 Å². The molecule has 0 atom stereocenters. The summed E-state index contributed by atoms with van der Waals surface area (Å²) < 4.78 is 10.5. The molecular weight excluding hydrogens is 238 g/mol. The molecule has 0 aliphatic heterocycles. The molecule has 0 spiro atoms. The van der Waals surface area contributed by atoms with Gasteiger partial charge in [0, 0.05) is 5.56 Å². The van der Waals surface area contributed by atoms with Gasteiger partial charge in [-0.1, -0.05) is 17.7 Å². The lowest BCUT2D eigenvalue weighted by Gasteiger charge is -2.10. The number of hydrogen-bond donors (Lipinski definition) is 0. The number of methoxy groups -OCH3 is 2. The zero-order valence-electron chi connectivity index (χ0n) is 9.61. The minimum atomic E-state index is 0.451. The number of ether oxygens (including phenoxy) is 2. The van der Waals surface area contributed by atoms with Gasteiger partial charge in [0.2, 0.25) is 0 Å². The summed E-state index contributed by atoms with van der Waals surface area (Å²) in [5.41, 5.74) is 1.61. The van der Waals surface area contributed by atoms with E-state index in [1.807, 2.05) is 30.3 Å². The van der Waals surface area contributed by atoms with Crippen molar-refractivity contribution in [1.82, 2.24) is 4.98 Å². The highest BCUT2D eigenvalue weighted by Crippen LogP contribution is 2.32. The molecule has 0 N–H and O–H groups in total. The molecule has 3 nitrogen and oxygen atoms in total. The molecule has 0 saturated carbocycles. The maximum Gasteiger partial charge on any atom is 0.129 e. The van der Waals surface area contributed by atoms with E-state index in [0.717, 1.165) is 22.8 Å². The fourth-order valence-corrected chi connectivity index (χ4v) is 1.74. The summed E-state index contributed by atoms with van der Waals surface area (Å²) in [6.07, 6.45) is 0. The number of pyridine rings is 1. The molecule has 17 heavy (non-hydrogen) atoms. The number of rotatable bonds is 3. The minimum Gasteiger partial charge on any atom is -0.497 e. The Morgan fingerprint density at radius 2 is 1.88 bits per heavy atom. The van der Waals surface area contributed by atoms with Gasteiger partial charge in [0.05, 0.1) is 19.9 Å². The van der Waals surface area contributed by atoms with Gasteiger partial charge in [-0.3, -0.25) is 0 Å². The largest absolute Gasteiger partial charge is 0.497 e. The SMILES string of the molecule is COc1ccc(OC)c(-c2cccc(Cl)n2)c1. The molecule has 0 unspecified atom stereocenters. The highest BCUT2D eigenvalue weighted by molar-refractivity contribution is 6.29. The molecular formula is C13H12ClNO2. The van der Waals surface area contributed by atoms with Gasteiger partial charge in [-0.2, -0.15) is 0 Å². The molecule has 2 aromatic rings. The van der Waals surface area contributed by atoms with Gasteiger partial charge in [-0.15, -0.1) is 0 Å². The second-order valence-corrected chi connectivity index (χ2v) is 3.80. The van der Waals surface area contributed by atoms with Gasteiger partial charge in [-0.05, 0) is 30.3 Å². The van der Waals surface area contributed by atoms with Gasteiger partial charge in [0.25, 0.3) is 0 Å². The monoisotopic (exact) mass is 249 g/mol. The number of hydrogen-bond acceptors (Lipinski definition) is 3. The molecule has 1 heterocycles. The summed E-state index contributed by atoms with van der Waals surface area (Å²) in [7, 11) is 3.24. The van der Waals surface area contributed by atoms with Crippen molar-refractivity contribution in [1.29, 1.82) is 0 Å². The second kappa shape index (κ2) is 5.06. The van der Waals surface area contributed by atoms with E-state index in [2.05, 4.69) is 4.98 Å². The molecule has 0 aliphatic carbocycles. The van der Waals surface area contributed by atoms with Crippen LogP contribution in [-0.4, -0.2) is 19.2 Å². The fourth-order valence-electron chi connectivity index (χ4n) is 1.57. The van der Waals surface area contributed by atoms with E-state index in [-0.39, 0.29) is 0 Å². The van der Waals surface area contributed by atoms with E-state index >= 15 is 0 Å². The molecule has 4 heteroatoms. The van der Waals surface area contributed by atoms with Crippen LogP contribution in [0.4, 0.5) is 0 Å². The van der Waals surface area contributed by atoms with Crippen molar-refractivity contribution >= 4 is 11.6 Å². The smallest absolute Gasteiger partial charge is 0.129 e. The summed E-state index contributed by atoms with van der Waals surface area (Å²) in [6.45, 7) is 0. The van der Waals surface area contributed by atoms with Crippen LogP contribution >= 0.6 is 11.6 Å². The quantitative estimate of drug-likeness (QED) is 0.781. The van der Waals surface area contributed by atoms with E-state index in [1.54, 1.807) is 20.3 Å². The molecule has 2 rings (SSSR count). The lowest BCUT2D eigenvalue weighted by Crippen LogP contribution is -1.92. The first-order chi connectivity index (χ1) is 8.24. The molecule has 0 amide bonds. The Kier molecular flexibility index (Phi) is 3.49. The fraction of sp³-hybridized carbons (Fsp3) is 0.154. The minimum absolute atomic E-state index is 0.451. The molecule has 88 valence electrons. The van der Waals surface area contributed by atoms with Crippen LogP contribution in [0.2, 0.25) is 5.15 Å². The van der Waals surface area contributed by atoms with Crippen LogP contribution in [0.3, 0.4) is 0 Å². The third-order valence-corrected chi connectivity index (χ3v) is 2.61. The van der Waals surface area contributed by atoms with Crippen LogP contribution in [-0.2, 0) is 0 Å². The molecule has 0 radical (unpaired) electrons. The van der Waals surface area contributed by atoms with E-state index in [9.17, 15) is 0 Å². The predicted molar refractivity (Wildman–Crippen MR) is 67.8 cm³/mol. The van der Waals surface area contributed by atoms with E-state index in [1.165, 1.54) is 0 Å². The van der Waals surface area contributed by atoms with Crippen LogP contribution in [0.25, 0.3) is 11.3 Å². The highest BCUT2D eigenvalue weighted by atomic mass is 35.5. The van der Waals surface area contributed by atoms with E-state index < -0.39 is 0 Å². The topological polar surface area (TPSA) is 31.4 Å². The Hall–Kier alpha value is -1.74. The molecule has 0 saturated heterocycles. The average molecular weight is 250 g/mol. The number of aromatic nitrogens is 1. The van der Waals surface area contributed by atoms with Crippen molar-refractivity contribution in [2.24, 2.45) is 0 Å². The molecule has 1 aromatic carbocycles. The summed E-state index contributed by atoms with van der Waals surface area (Å²) >= 11 is 5.88. The van der Waals surface area contributed by atoms with Crippen LogP contribution in [0.1, 0.15) is 0 Å². The van der Waals surface area contributed by atoms with Gasteiger partial charge < -0.3 is 9.47 Å². The third-order valence-electron chi connectivity index (χ3n) is 2.40. The third kappa shape index (κ3) is 2.50. The first-order valence-corrected chi connectivity index (χ1v) is 5.47. The lowest BCUT2D eigenvalue weighted by atomic mass is 10.1. The van der Waals surface area contributed by atoms with Crippen LogP contribution in [0, 0.1) is 0 Å². The first-order valence-electron chi connectivity index (χ1n) is 5.09. The Morgan fingerprint density at radius 1 is 1.06 bits per heavy atom. The number of halogens is 1. The average Bonchev–Trinajstić information content (AvgIpc) is 2.38. The van der Waals surface area contributed by atoms with Gasteiger partial charge in [0.15, 0.2) is 0 Å². The Labute approximate surface area is 105 Å². The summed E-state index contributed by atoms with van der Waals surface area (Å²) in [6, 6.07) is 11.0. The zero-order valence-corrected chi connectivity index (χ0v) is 10.4. The van der Waals surface area contributed by atoms with Crippen molar-refractivity contribution in [3.8, 4) is 22.8 Å². The lowest BCUT2D eigenvalue weighted by molar-refractivity contribution is 0.404. The summed E-state index contributed by atoms with van der Waals surface area (Å²) in [5, 5.41) is 0.451. The predicted octanol–water partition coefficient (Wildman–Crippen LogP) is 3.42. The normalized spacial score (nSPS) is 10.1. The first kappa shape index (κ1) is 11.7. The molecule has 1 aromatic heterocycles. The summed E-state index contributed by atoms with van der Waals surface area (Å²) in [4.78, 5) is 4.26. The molecule has 0 fully saturated rings. The van der Waals surface area contributed by atoms with E-state index in [0.29, 0.717) is 5.15 Å². The van der Waals surface area contributed by atoms with Crippen molar-refractivity contribution in [2.75, 3.05) is 14.2 Å². The van der Waals surface area contributed by atoms with Gasteiger partial charge in [-0.25, -0.2) is 4.98 Å². The Morgan fingerprint density at radius 3 is 2.53 bits per heavy atom. The second-order valence-electron chi connectivity index (χ2n) is 3.41. The Balaban J connectivity index is 2.56. The maximum absolute atomic E-state index is 5.88. The van der Waals surface area contributed by atoms with Crippen molar-refractivity contribution in [3.05, 3.63) is 41.6 Å². The van der Waals surface area contributed by atoms with Gasteiger partial charge in [0.1, 0.15) is 16.7 Å². The number of benzene rings is 1. The molecule has 0 aliphatic rings. The van der Waals surface area contributed by atoms with Crippen LogP contribution in [0.15, 0.2) is 36.4 Å². The standard InChI is InChI=1S/C13H12ClNO2/c1-16-9-6-7-12(17-2)10(8-9)11-4-3-5-13(14)15-11/h3-8H,1-2H3. The Bertz CT molecular complexity index is 529. The summed E-state index contributed by atoms with van der Waals surface area (Å²) in [5.74, 6) is 1.49. The van der Waals surface area contributed by atoms with Crippen molar-refractivity contribution in [2.45, 2.75) is 0 Å². The van der Waals surface area contributed by atoms with Crippen molar-refractivity contribution in [3.63, 3.8) is 0 Å². The zero-order chi connectivity index (χ0) is 12.3. The van der Waals surface area contributed by atoms with E-state index in [4.69, 9.17) is 21.1 Å². The maximum atomic E-state index is 5.88. The molecule has 0 bridgehead atoms.